The molecule has 1 aliphatic heterocycles. The number of carbonyl (C=O) groups is 2. The zero-order valence-electron chi connectivity index (χ0n) is 13.2. The molecule has 1 unspecified atom stereocenters. The average molecular weight is 282 g/mol. The van der Waals surface area contributed by atoms with E-state index in [4.69, 9.17) is 4.74 Å². The van der Waals surface area contributed by atoms with Crippen molar-refractivity contribution in [2.45, 2.75) is 39.2 Å². The fourth-order valence-corrected chi connectivity index (χ4v) is 2.06. The number of hydrogen-bond acceptors (Lipinski definition) is 4. The van der Waals surface area contributed by atoms with Gasteiger partial charge in [-0.25, -0.2) is 4.79 Å². The quantitative estimate of drug-likeness (QED) is 0.745. The maximum Gasteiger partial charge on any atom is 0.410 e. The lowest BCUT2D eigenvalue weighted by molar-refractivity contribution is -0.119. The van der Waals surface area contributed by atoms with Crippen LogP contribution < -0.4 is 0 Å². The van der Waals surface area contributed by atoms with Gasteiger partial charge in [-0.3, -0.25) is 4.79 Å². The van der Waals surface area contributed by atoms with E-state index >= 15 is 0 Å². The minimum Gasteiger partial charge on any atom is -0.444 e. The molecular weight excluding hydrogens is 256 g/mol. The van der Waals surface area contributed by atoms with Crippen LogP contribution in [0.25, 0.3) is 0 Å². The summed E-state index contributed by atoms with van der Waals surface area (Å²) in [5, 5.41) is 0. The molecule has 0 aromatic rings. The van der Waals surface area contributed by atoms with Gasteiger partial charge in [0.2, 0.25) is 0 Å². The van der Waals surface area contributed by atoms with Crippen LogP contribution in [0.2, 0.25) is 0 Å². The molecule has 1 fully saturated rings. The Bertz CT molecular complexity index is 383. The van der Waals surface area contributed by atoms with Crippen molar-refractivity contribution < 1.29 is 14.3 Å². The second-order valence-corrected chi connectivity index (χ2v) is 6.45. The average Bonchev–Trinajstić information content (AvgIpc) is 2.34. The lowest BCUT2D eigenvalue weighted by Gasteiger charge is -2.33. The highest BCUT2D eigenvalue weighted by molar-refractivity contribution is 5.92. The van der Waals surface area contributed by atoms with Crippen molar-refractivity contribution in [3.8, 4) is 0 Å². The molecule has 1 rings (SSSR count). The predicted octanol–water partition coefficient (Wildman–Crippen LogP) is 2.28. The maximum absolute atomic E-state index is 12.1. The summed E-state index contributed by atoms with van der Waals surface area (Å²) in [5.41, 5.74) is -0.501. The zero-order chi connectivity index (χ0) is 15.3. The Balaban J connectivity index is 2.58. The summed E-state index contributed by atoms with van der Waals surface area (Å²) in [6.07, 6.45) is 4.67. The molecule has 0 bridgehead atoms. The number of allylic oxidation sites excluding steroid dienone is 1. The van der Waals surface area contributed by atoms with E-state index in [0.29, 0.717) is 13.1 Å². The molecule has 0 aliphatic carbocycles. The van der Waals surface area contributed by atoms with Crippen molar-refractivity contribution in [1.82, 2.24) is 9.80 Å². The molecular formula is C15H26N2O3. The molecule has 1 aliphatic rings. The number of nitrogens with zero attached hydrogens (tertiary/aromatic N) is 2. The molecule has 0 saturated carbocycles. The highest BCUT2D eigenvalue weighted by atomic mass is 16.6. The van der Waals surface area contributed by atoms with Gasteiger partial charge in [0.15, 0.2) is 5.78 Å². The molecule has 1 heterocycles. The van der Waals surface area contributed by atoms with E-state index in [1.165, 1.54) is 0 Å². The van der Waals surface area contributed by atoms with Crippen molar-refractivity contribution in [3.63, 3.8) is 0 Å². The van der Waals surface area contributed by atoms with Gasteiger partial charge in [-0.1, -0.05) is 0 Å². The number of ether oxygens (including phenoxy) is 1. The zero-order valence-corrected chi connectivity index (χ0v) is 13.2. The third-order valence-corrected chi connectivity index (χ3v) is 3.01. The monoisotopic (exact) mass is 282 g/mol. The number of piperidine rings is 1. The van der Waals surface area contributed by atoms with Crippen molar-refractivity contribution in [2.75, 3.05) is 27.2 Å². The summed E-state index contributed by atoms with van der Waals surface area (Å²) in [6.45, 7) is 6.65. The van der Waals surface area contributed by atoms with Gasteiger partial charge in [-0.15, -0.1) is 0 Å². The van der Waals surface area contributed by atoms with Gasteiger partial charge in [0.05, 0.1) is 0 Å². The predicted molar refractivity (Wildman–Crippen MR) is 78.4 cm³/mol. The molecule has 5 nitrogen and oxygen atoms in total. The Morgan fingerprint density at radius 1 is 1.30 bits per heavy atom. The summed E-state index contributed by atoms with van der Waals surface area (Å²) in [4.78, 5) is 27.5. The first-order chi connectivity index (χ1) is 9.19. The van der Waals surface area contributed by atoms with Crippen LogP contribution in [0.1, 0.15) is 33.6 Å². The highest BCUT2D eigenvalue weighted by Crippen LogP contribution is 2.20. The normalized spacial score (nSPS) is 20.1. The van der Waals surface area contributed by atoms with E-state index < -0.39 is 5.60 Å². The molecule has 0 radical (unpaired) electrons. The number of ketones is 1. The largest absolute Gasteiger partial charge is 0.444 e. The highest BCUT2D eigenvalue weighted by Gasteiger charge is 2.29. The third-order valence-electron chi connectivity index (χ3n) is 3.01. The van der Waals surface area contributed by atoms with Crippen LogP contribution in [0.3, 0.4) is 0 Å². The van der Waals surface area contributed by atoms with E-state index in [1.807, 2.05) is 39.8 Å². The Labute approximate surface area is 121 Å². The molecule has 1 saturated heterocycles. The van der Waals surface area contributed by atoms with Gasteiger partial charge in [-0.05, 0) is 39.7 Å². The summed E-state index contributed by atoms with van der Waals surface area (Å²) in [5.74, 6) is -0.0422. The minimum atomic E-state index is -0.501. The third kappa shape index (κ3) is 5.63. The standard InChI is InChI=1S/C15H26N2O3/c1-15(2,3)20-14(19)17-9-6-7-12(11-17)13(18)8-10-16(4)5/h8,10,12H,6-7,9,11H2,1-5H3. The van der Waals surface area contributed by atoms with Gasteiger partial charge in [0.25, 0.3) is 0 Å². The van der Waals surface area contributed by atoms with Crippen LogP contribution >= 0.6 is 0 Å². The molecule has 114 valence electrons. The molecule has 1 atom stereocenters. The second kappa shape index (κ2) is 6.77. The molecule has 5 heteroatoms. The maximum atomic E-state index is 12.1. The van der Waals surface area contributed by atoms with Crippen LogP contribution in [-0.2, 0) is 9.53 Å². The Morgan fingerprint density at radius 3 is 2.50 bits per heavy atom. The van der Waals surface area contributed by atoms with E-state index in [9.17, 15) is 9.59 Å². The van der Waals surface area contributed by atoms with E-state index in [0.717, 1.165) is 12.8 Å². The molecule has 0 aromatic heterocycles. The van der Waals surface area contributed by atoms with Crippen molar-refractivity contribution in [3.05, 3.63) is 12.3 Å². The van der Waals surface area contributed by atoms with Crippen LogP contribution in [-0.4, -0.2) is 54.5 Å². The Hall–Kier alpha value is -1.52. The number of rotatable bonds is 3. The SMILES string of the molecule is CN(C)C=CC(=O)C1CCCN(C(=O)OC(C)(C)C)C1. The molecule has 0 spiro atoms. The first kappa shape index (κ1) is 16.5. The minimum absolute atomic E-state index is 0.0759. The molecule has 20 heavy (non-hydrogen) atoms. The van der Waals surface area contributed by atoms with Crippen LogP contribution in [0.4, 0.5) is 4.79 Å². The van der Waals surface area contributed by atoms with Crippen molar-refractivity contribution >= 4 is 11.9 Å². The lowest BCUT2D eigenvalue weighted by atomic mass is 9.94. The number of hydrogen-bond donors (Lipinski definition) is 0. The Kier molecular flexibility index (Phi) is 5.60. The van der Waals surface area contributed by atoms with Gasteiger partial charge < -0.3 is 14.5 Å². The summed E-state index contributed by atoms with van der Waals surface area (Å²) < 4.78 is 5.35. The first-order valence-corrected chi connectivity index (χ1v) is 7.05. The topological polar surface area (TPSA) is 49.9 Å². The molecule has 0 aromatic carbocycles. The summed E-state index contributed by atoms with van der Waals surface area (Å²) >= 11 is 0. The van der Waals surface area contributed by atoms with Crippen LogP contribution in [0.5, 0.6) is 0 Å². The molecule has 0 N–H and O–H groups in total. The summed E-state index contributed by atoms with van der Waals surface area (Å²) in [7, 11) is 3.75. The van der Waals surface area contributed by atoms with E-state index in [2.05, 4.69) is 0 Å². The Morgan fingerprint density at radius 2 is 1.95 bits per heavy atom. The smallest absolute Gasteiger partial charge is 0.410 e. The fraction of sp³-hybridized carbons (Fsp3) is 0.733. The number of likely N-dealkylation sites (tertiary alicyclic amines) is 1. The van der Waals surface area contributed by atoms with E-state index in [1.54, 1.807) is 17.2 Å². The van der Waals surface area contributed by atoms with Crippen molar-refractivity contribution in [2.24, 2.45) is 5.92 Å². The molecule has 1 amide bonds. The van der Waals surface area contributed by atoms with Crippen LogP contribution in [0.15, 0.2) is 12.3 Å². The van der Waals surface area contributed by atoms with Gasteiger partial charge in [0.1, 0.15) is 5.60 Å². The number of amides is 1. The second-order valence-electron chi connectivity index (χ2n) is 6.45. The van der Waals surface area contributed by atoms with Gasteiger partial charge >= 0.3 is 6.09 Å². The van der Waals surface area contributed by atoms with Gasteiger partial charge in [-0.2, -0.15) is 0 Å². The first-order valence-electron chi connectivity index (χ1n) is 7.05. The fourth-order valence-electron chi connectivity index (χ4n) is 2.06. The van der Waals surface area contributed by atoms with Crippen molar-refractivity contribution in [1.29, 1.82) is 0 Å². The summed E-state index contributed by atoms with van der Waals surface area (Å²) in [6, 6.07) is 0. The van der Waals surface area contributed by atoms with E-state index in [-0.39, 0.29) is 17.8 Å². The van der Waals surface area contributed by atoms with Gasteiger partial charge in [0, 0.05) is 39.3 Å². The van der Waals surface area contributed by atoms with Crippen LogP contribution in [0, 0.1) is 5.92 Å². The number of carbonyl (C=O) groups excluding carboxylic acids is 2. The lowest BCUT2D eigenvalue weighted by Crippen LogP contribution is -2.44.